The molecule has 0 aliphatic heterocycles. The molecule has 0 heterocycles. The predicted octanol–water partition coefficient (Wildman–Crippen LogP) is 2.41. The molecule has 0 spiro atoms. The average Bonchev–Trinajstić information content (AvgIpc) is 2.55. The van der Waals surface area contributed by atoms with E-state index in [9.17, 15) is 9.59 Å². The molecule has 0 aliphatic carbocycles. The summed E-state index contributed by atoms with van der Waals surface area (Å²) in [5.74, 6) is -0.711. The Kier molecular flexibility index (Phi) is 7.39. The lowest BCUT2D eigenvalue weighted by Gasteiger charge is -2.14. The van der Waals surface area contributed by atoms with Crippen LogP contribution in [0.15, 0.2) is 43.0 Å². The zero-order chi connectivity index (χ0) is 17.2. The first kappa shape index (κ1) is 18.3. The molecule has 0 aliphatic rings. The van der Waals surface area contributed by atoms with Crippen LogP contribution in [0.2, 0.25) is 0 Å². The monoisotopic (exact) mass is 319 g/mol. The van der Waals surface area contributed by atoms with Gasteiger partial charge in [0.15, 0.2) is 11.5 Å². The number of ether oxygens (including phenoxy) is 2. The summed E-state index contributed by atoms with van der Waals surface area (Å²) >= 11 is 0. The van der Waals surface area contributed by atoms with Crippen LogP contribution in [0.1, 0.15) is 23.7 Å². The van der Waals surface area contributed by atoms with Gasteiger partial charge < -0.3 is 19.9 Å². The minimum Gasteiger partial charge on any atom is -0.493 e. The highest BCUT2D eigenvalue weighted by atomic mass is 16.5. The first-order chi connectivity index (χ1) is 11.0. The predicted molar refractivity (Wildman–Crippen MR) is 87.0 cm³/mol. The normalized spacial score (nSPS) is 11.7. The van der Waals surface area contributed by atoms with Crippen LogP contribution < -0.4 is 14.8 Å². The lowest BCUT2D eigenvalue weighted by atomic mass is 10.1. The maximum absolute atomic E-state index is 12.2. The third-order valence-electron chi connectivity index (χ3n) is 2.99. The summed E-state index contributed by atoms with van der Waals surface area (Å²) in [5.41, 5.74) is 0.291. The van der Waals surface area contributed by atoms with E-state index in [-0.39, 0.29) is 6.42 Å². The lowest BCUT2D eigenvalue weighted by Crippen LogP contribution is -2.40. The Morgan fingerprint density at radius 1 is 1.39 bits per heavy atom. The zero-order valence-electron chi connectivity index (χ0n) is 13.2. The molecule has 2 N–H and O–H groups in total. The molecule has 0 radical (unpaired) electrons. The molecule has 1 rings (SSSR count). The van der Waals surface area contributed by atoms with Crippen molar-refractivity contribution in [2.45, 2.75) is 19.4 Å². The van der Waals surface area contributed by atoms with Crippen molar-refractivity contribution in [1.29, 1.82) is 0 Å². The van der Waals surface area contributed by atoms with Crippen LogP contribution in [0.25, 0.3) is 0 Å². The molecule has 0 fully saturated rings. The van der Waals surface area contributed by atoms with Crippen LogP contribution >= 0.6 is 0 Å². The third-order valence-corrected chi connectivity index (χ3v) is 2.99. The van der Waals surface area contributed by atoms with Gasteiger partial charge in [-0.05, 0) is 31.5 Å². The van der Waals surface area contributed by atoms with Gasteiger partial charge in [0, 0.05) is 5.56 Å². The van der Waals surface area contributed by atoms with Crippen molar-refractivity contribution in [1.82, 2.24) is 5.32 Å². The van der Waals surface area contributed by atoms with E-state index in [2.05, 4.69) is 11.9 Å². The van der Waals surface area contributed by atoms with Gasteiger partial charge in [0.2, 0.25) is 0 Å². The number of aliphatic carboxylic acids is 1. The summed E-state index contributed by atoms with van der Waals surface area (Å²) in [6.45, 7) is 5.66. The fourth-order valence-corrected chi connectivity index (χ4v) is 1.81. The molecule has 0 aromatic heterocycles. The highest BCUT2D eigenvalue weighted by molar-refractivity contribution is 5.97. The van der Waals surface area contributed by atoms with Crippen molar-refractivity contribution in [3.63, 3.8) is 0 Å². The van der Waals surface area contributed by atoms with Crippen LogP contribution in [-0.2, 0) is 4.79 Å². The Labute approximate surface area is 135 Å². The van der Waals surface area contributed by atoms with Crippen molar-refractivity contribution >= 4 is 11.9 Å². The van der Waals surface area contributed by atoms with Crippen molar-refractivity contribution < 1.29 is 24.2 Å². The molecule has 1 atom stereocenters. The van der Waals surface area contributed by atoms with Gasteiger partial charge in [-0.3, -0.25) is 4.79 Å². The number of rotatable bonds is 9. The first-order valence-electron chi connectivity index (χ1n) is 7.10. The van der Waals surface area contributed by atoms with E-state index < -0.39 is 17.9 Å². The van der Waals surface area contributed by atoms with E-state index in [4.69, 9.17) is 14.6 Å². The molecule has 124 valence electrons. The summed E-state index contributed by atoms with van der Waals surface area (Å²) in [6.07, 6.45) is 5.23. The summed E-state index contributed by atoms with van der Waals surface area (Å²) < 4.78 is 10.6. The summed E-state index contributed by atoms with van der Waals surface area (Å²) in [7, 11) is 1.46. The van der Waals surface area contributed by atoms with E-state index in [1.807, 2.05) is 0 Å². The van der Waals surface area contributed by atoms with Gasteiger partial charge in [-0.1, -0.05) is 24.8 Å². The number of nitrogens with one attached hydrogen (secondary N) is 1. The van der Waals surface area contributed by atoms with Gasteiger partial charge in [0.1, 0.15) is 12.6 Å². The molecule has 0 saturated heterocycles. The number of carboxylic acids is 1. The maximum Gasteiger partial charge on any atom is 0.326 e. The van der Waals surface area contributed by atoms with Gasteiger partial charge in [-0.25, -0.2) is 4.79 Å². The van der Waals surface area contributed by atoms with Gasteiger partial charge in [0.05, 0.1) is 7.11 Å². The number of carbonyl (C=O) groups excluding carboxylic acids is 1. The number of amides is 1. The van der Waals surface area contributed by atoms with Crippen LogP contribution in [0, 0.1) is 0 Å². The SMILES string of the molecule is C=CCOc1ccc(C(=O)NC(C/C=C/C)C(=O)O)cc1OC. The average molecular weight is 319 g/mol. The second-order valence-corrected chi connectivity index (χ2v) is 4.63. The number of hydrogen-bond donors (Lipinski definition) is 2. The maximum atomic E-state index is 12.2. The van der Waals surface area contributed by atoms with Gasteiger partial charge in [0.25, 0.3) is 5.91 Å². The quantitative estimate of drug-likeness (QED) is 0.683. The minimum absolute atomic E-state index is 0.217. The first-order valence-corrected chi connectivity index (χ1v) is 7.10. The Balaban J connectivity index is 2.90. The van der Waals surface area contributed by atoms with Crippen LogP contribution in [-0.4, -0.2) is 36.7 Å². The number of hydrogen-bond acceptors (Lipinski definition) is 4. The fraction of sp³-hybridized carbons (Fsp3) is 0.294. The number of carboxylic acid groups (broad SMARTS) is 1. The van der Waals surface area contributed by atoms with Crippen LogP contribution in [0.4, 0.5) is 0 Å². The summed E-state index contributed by atoms with van der Waals surface area (Å²) in [6, 6.07) is 3.66. The lowest BCUT2D eigenvalue weighted by molar-refractivity contribution is -0.139. The Morgan fingerprint density at radius 3 is 2.70 bits per heavy atom. The van der Waals surface area contributed by atoms with E-state index in [1.54, 1.807) is 37.3 Å². The molecular weight excluding hydrogens is 298 g/mol. The number of benzene rings is 1. The minimum atomic E-state index is -1.09. The third kappa shape index (κ3) is 5.50. The van der Waals surface area contributed by atoms with Gasteiger partial charge >= 0.3 is 5.97 Å². The summed E-state index contributed by atoms with van der Waals surface area (Å²) in [5, 5.41) is 11.6. The molecule has 6 nitrogen and oxygen atoms in total. The van der Waals surface area contributed by atoms with E-state index >= 15 is 0 Å². The van der Waals surface area contributed by atoms with E-state index in [0.29, 0.717) is 23.7 Å². The smallest absolute Gasteiger partial charge is 0.326 e. The van der Waals surface area contributed by atoms with Gasteiger partial charge in [-0.15, -0.1) is 0 Å². The second-order valence-electron chi connectivity index (χ2n) is 4.63. The summed E-state index contributed by atoms with van der Waals surface area (Å²) in [4.78, 5) is 23.4. The Bertz CT molecular complexity index is 595. The largest absolute Gasteiger partial charge is 0.493 e. The Hall–Kier alpha value is -2.76. The number of methoxy groups -OCH3 is 1. The molecular formula is C17H21NO5. The highest BCUT2D eigenvalue weighted by Crippen LogP contribution is 2.28. The van der Waals surface area contributed by atoms with Crippen molar-refractivity contribution in [2.24, 2.45) is 0 Å². The van der Waals surface area contributed by atoms with Crippen molar-refractivity contribution in [3.05, 3.63) is 48.6 Å². The zero-order valence-corrected chi connectivity index (χ0v) is 13.2. The highest BCUT2D eigenvalue weighted by Gasteiger charge is 2.20. The topological polar surface area (TPSA) is 84.9 Å². The van der Waals surface area contributed by atoms with Crippen LogP contribution in [0.3, 0.4) is 0 Å². The standard InChI is InChI=1S/C17H21NO5/c1-4-6-7-13(17(20)21)18-16(19)12-8-9-14(23-10-5-2)15(11-12)22-3/h4-6,8-9,11,13H,2,7,10H2,1,3H3,(H,18,19)(H,20,21)/b6-4+. The fourth-order valence-electron chi connectivity index (χ4n) is 1.81. The molecule has 6 heteroatoms. The molecule has 1 aromatic carbocycles. The van der Waals surface area contributed by atoms with Crippen molar-refractivity contribution in [3.8, 4) is 11.5 Å². The molecule has 1 aromatic rings. The molecule has 0 saturated carbocycles. The molecule has 0 bridgehead atoms. The number of carbonyl (C=O) groups is 2. The van der Waals surface area contributed by atoms with Crippen molar-refractivity contribution in [2.75, 3.05) is 13.7 Å². The number of allylic oxidation sites excluding steroid dienone is 1. The van der Waals surface area contributed by atoms with E-state index in [1.165, 1.54) is 13.2 Å². The molecule has 1 unspecified atom stereocenters. The second kappa shape index (κ2) is 9.30. The van der Waals surface area contributed by atoms with Crippen LogP contribution in [0.5, 0.6) is 11.5 Å². The molecule has 23 heavy (non-hydrogen) atoms. The van der Waals surface area contributed by atoms with Gasteiger partial charge in [-0.2, -0.15) is 0 Å². The molecule has 1 amide bonds. The van der Waals surface area contributed by atoms with E-state index in [0.717, 1.165) is 0 Å². The Morgan fingerprint density at radius 2 is 2.13 bits per heavy atom.